The van der Waals surface area contributed by atoms with Crippen LogP contribution in [0.5, 0.6) is 0 Å². The first-order valence-electron chi connectivity index (χ1n) is 8.99. The van der Waals surface area contributed by atoms with E-state index in [9.17, 15) is 4.79 Å². The lowest BCUT2D eigenvalue weighted by atomic mass is 9.71. The molecule has 0 unspecified atom stereocenters. The summed E-state index contributed by atoms with van der Waals surface area (Å²) in [6.45, 7) is 10.9. The average molecular weight is 326 g/mol. The summed E-state index contributed by atoms with van der Waals surface area (Å²) >= 11 is 0. The Morgan fingerprint density at radius 3 is 2.48 bits per heavy atom. The molecule has 1 spiro atoms. The SMILES string of the molecule is COCCN1C[C@H](COC)C2(CCN(C(=O)CC(C)C)CC2)C1. The molecule has 0 N–H and O–H groups in total. The van der Waals surface area contributed by atoms with Gasteiger partial charge in [0.1, 0.15) is 0 Å². The van der Waals surface area contributed by atoms with E-state index >= 15 is 0 Å². The van der Waals surface area contributed by atoms with Crippen molar-refractivity contribution in [1.82, 2.24) is 9.80 Å². The highest BCUT2D eigenvalue weighted by atomic mass is 16.5. The standard InChI is InChI=1S/C18H34N2O3/c1-15(2)11-17(21)20-7-5-18(6-8-20)14-19(9-10-22-3)12-16(18)13-23-4/h15-16H,5-14H2,1-4H3/t16-/m1/s1. The van der Waals surface area contributed by atoms with Crippen LogP contribution in [0.15, 0.2) is 0 Å². The van der Waals surface area contributed by atoms with Gasteiger partial charge in [-0.2, -0.15) is 0 Å². The zero-order valence-corrected chi connectivity index (χ0v) is 15.3. The Hall–Kier alpha value is -0.650. The molecule has 2 aliphatic heterocycles. The molecular weight excluding hydrogens is 292 g/mol. The molecule has 0 aliphatic carbocycles. The van der Waals surface area contributed by atoms with Crippen LogP contribution in [0.3, 0.4) is 0 Å². The number of hydrogen-bond donors (Lipinski definition) is 0. The topological polar surface area (TPSA) is 42.0 Å². The Kier molecular flexibility index (Phi) is 6.86. The highest BCUT2D eigenvalue weighted by Crippen LogP contribution is 2.44. The largest absolute Gasteiger partial charge is 0.384 e. The maximum atomic E-state index is 12.3. The number of carbonyl (C=O) groups excluding carboxylic acids is 1. The molecule has 2 fully saturated rings. The van der Waals surface area contributed by atoms with Crippen molar-refractivity contribution in [3.63, 3.8) is 0 Å². The molecule has 2 heterocycles. The van der Waals surface area contributed by atoms with E-state index in [2.05, 4.69) is 23.6 Å². The zero-order valence-electron chi connectivity index (χ0n) is 15.3. The van der Waals surface area contributed by atoms with E-state index in [0.717, 1.165) is 58.8 Å². The number of amides is 1. The number of piperidine rings is 1. The van der Waals surface area contributed by atoms with Crippen LogP contribution in [0.1, 0.15) is 33.1 Å². The fraction of sp³-hybridized carbons (Fsp3) is 0.944. The molecule has 5 nitrogen and oxygen atoms in total. The van der Waals surface area contributed by atoms with E-state index in [1.807, 2.05) is 0 Å². The number of methoxy groups -OCH3 is 2. The molecule has 0 saturated carbocycles. The number of likely N-dealkylation sites (tertiary alicyclic amines) is 2. The molecule has 0 bridgehead atoms. The second kappa shape index (κ2) is 8.45. The lowest BCUT2D eigenvalue weighted by Crippen LogP contribution is -2.47. The smallest absolute Gasteiger partial charge is 0.222 e. The molecular formula is C18H34N2O3. The van der Waals surface area contributed by atoms with Crippen molar-refractivity contribution in [2.45, 2.75) is 33.1 Å². The Labute approximate surface area is 141 Å². The number of nitrogens with zero attached hydrogens (tertiary/aromatic N) is 2. The van der Waals surface area contributed by atoms with Crippen molar-refractivity contribution in [2.75, 3.05) is 60.2 Å². The summed E-state index contributed by atoms with van der Waals surface area (Å²) in [5, 5.41) is 0. The zero-order chi connectivity index (χ0) is 16.9. The fourth-order valence-corrected chi connectivity index (χ4v) is 4.21. The molecule has 0 aromatic rings. The minimum absolute atomic E-state index is 0.318. The van der Waals surface area contributed by atoms with E-state index in [1.54, 1.807) is 14.2 Å². The molecule has 2 saturated heterocycles. The summed E-state index contributed by atoms with van der Waals surface area (Å²) in [6.07, 6.45) is 2.89. The number of rotatable bonds is 7. The Bertz CT molecular complexity index is 378. The Balaban J connectivity index is 1.94. The first-order chi connectivity index (χ1) is 11.0. The van der Waals surface area contributed by atoms with Crippen molar-refractivity contribution in [3.05, 3.63) is 0 Å². The van der Waals surface area contributed by atoms with Crippen molar-refractivity contribution in [3.8, 4) is 0 Å². The maximum absolute atomic E-state index is 12.3. The van der Waals surface area contributed by atoms with Gasteiger partial charge < -0.3 is 19.3 Å². The van der Waals surface area contributed by atoms with Gasteiger partial charge in [0.2, 0.25) is 5.91 Å². The molecule has 134 valence electrons. The van der Waals surface area contributed by atoms with Crippen LogP contribution in [0.2, 0.25) is 0 Å². The highest BCUT2D eigenvalue weighted by molar-refractivity contribution is 5.76. The minimum Gasteiger partial charge on any atom is -0.384 e. The van der Waals surface area contributed by atoms with Crippen LogP contribution >= 0.6 is 0 Å². The molecule has 0 aromatic carbocycles. The summed E-state index contributed by atoms with van der Waals surface area (Å²) in [5.41, 5.74) is 0.318. The lowest BCUT2D eigenvalue weighted by molar-refractivity contribution is -0.134. The van der Waals surface area contributed by atoms with Crippen molar-refractivity contribution in [2.24, 2.45) is 17.3 Å². The molecule has 0 aromatic heterocycles. The van der Waals surface area contributed by atoms with E-state index in [4.69, 9.17) is 9.47 Å². The summed E-state index contributed by atoms with van der Waals surface area (Å²) in [7, 11) is 3.56. The number of hydrogen-bond acceptors (Lipinski definition) is 4. The van der Waals surface area contributed by atoms with Crippen LogP contribution in [-0.2, 0) is 14.3 Å². The van der Waals surface area contributed by atoms with Gasteiger partial charge >= 0.3 is 0 Å². The third-order valence-electron chi connectivity index (χ3n) is 5.56. The minimum atomic E-state index is 0.318. The maximum Gasteiger partial charge on any atom is 0.222 e. The van der Waals surface area contributed by atoms with E-state index in [-0.39, 0.29) is 0 Å². The van der Waals surface area contributed by atoms with Crippen LogP contribution in [-0.4, -0.2) is 75.9 Å². The van der Waals surface area contributed by atoms with Gasteiger partial charge in [0.25, 0.3) is 0 Å². The predicted molar refractivity (Wildman–Crippen MR) is 91.4 cm³/mol. The molecule has 23 heavy (non-hydrogen) atoms. The van der Waals surface area contributed by atoms with Crippen LogP contribution in [0, 0.1) is 17.3 Å². The van der Waals surface area contributed by atoms with E-state index in [1.165, 1.54) is 0 Å². The van der Waals surface area contributed by atoms with Gasteiger partial charge in [-0.15, -0.1) is 0 Å². The second-order valence-electron chi connectivity index (χ2n) is 7.72. The number of ether oxygens (including phenoxy) is 2. The Morgan fingerprint density at radius 1 is 1.22 bits per heavy atom. The van der Waals surface area contributed by atoms with Crippen molar-refractivity contribution >= 4 is 5.91 Å². The monoisotopic (exact) mass is 326 g/mol. The van der Waals surface area contributed by atoms with Crippen LogP contribution in [0.25, 0.3) is 0 Å². The molecule has 2 aliphatic rings. The molecule has 0 radical (unpaired) electrons. The van der Waals surface area contributed by atoms with E-state index < -0.39 is 0 Å². The van der Waals surface area contributed by atoms with Gasteiger partial charge in [0.15, 0.2) is 0 Å². The van der Waals surface area contributed by atoms with Gasteiger partial charge in [-0.3, -0.25) is 4.79 Å². The van der Waals surface area contributed by atoms with Gasteiger partial charge in [-0.1, -0.05) is 13.8 Å². The fourth-order valence-electron chi connectivity index (χ4n) is 4.21. The van der Waals surface area contributed by atoms with Gasteiger partial charge in [-0.05, 0) is 24.2 Å². The summed E-state index contributed by atoms with van der Waals surface area (Å²) < 4.78 is 10.7. The highest BCUT2D eigenvalue weighted by Gasteiger charge is 2.48. The van der Waals surface area contributed by atoms with Crippen molar-refractivity contribution in [1.29, 1.82) is 0 Å². The predicted octanol–water partition coefficient (Wildman–Crippen LogP) is 1.87. The van der Waals surface area contributed by atoms with Crippen molar-refractivity contribution < 1.29 is 14.3 Å². The molecule has 5 heteroatoms. The summed E-state index contributed by atoms with van der Waals surface area (Å²) in [5.74, 6) is 1.34. The Morgan fingerprint density at radius 2 is 1.91 bits per heavy atom. The summed E-state index contributed by atoms with van der Waals surface area (Å²) in [4.78, 5) is 16.9. The molecule has 2 rings (SSSR count). The first kappa shape index (κ1) is 18.7. The summed E-state index contributed by atoms with van der Waals surface area (Å²) in [6, 6.07) is 0. The third-order valence-corrected chi connectivity index (χ3v) is 5.56. The quantitative estimate of drug-likeness (QED) is 0.716. The van der Waals surface area contributed by atoms with Crippen LogP contribution < -0.4 is 0 Å². The number of carbonyl (C=O) groups is 1. The van der Waals surface area contributed by atoms with Gasteiger partial charge in [-0.25, -0.2) is 0 Å². The molecule has 1 amide bonds. The normalized spacial score (nSPS) is 24.7. The third kappa shape index (κ3) is 4.68. The second-order valence-corrected chi connectivity index (χ2v) is 7.72. The van der Waals surface area contributed by atoms with Crippen LogP contribution in [0.4, 0.5) is 0 Å². The van der Waals surface area contributed by atoms with E-state index in [0.29, 0.717) is 29.6 Å². The molecule has 1 atom stereocenters. The first-order valence-corrected chi connectivity index (χ1v) is 8.99. The average Bonchev–Trinajstić information content (AvgIpc) is 2.83. The van der Waals surface area contributed by atoms with Gasteiger partial charge in [0.05, 0.1) is 13.2 Å². The lowest BCUT2D eigenvalue weighted by Gasteiger charge is -2.42. The van der Waals surface area contributed by atoms with Gasteiger partial charge in [0, 0.05) is 59.3 Å².